The molecule has 0 fully saturated rings. The average Bonchev–Trinajstić information content (AvgIpc) is 2.68. The van der Waals surface area contributed by atoms with Gasteiger partial charge in [0, 0.05) is 11.2 Å². The largest absolute Gasteiger partial charge is 0.250 e. The Morgan fingerprint density at radius 2 is 1.85 bits per heavy atom. The molecular formula is C15H21NO2S2. The Hall–Kier alpha value is -0.910. The Morgan fingerprint density at radius 3 is 2.40 bits per heavy atom. The van der Waals surface area contributed by atoms with E-state index in [1.54, 1.807) is 6.92 Å². The Labute approximate surface area is 125 Å². The minimum absolute atomic E-state index is 0.409. The van der Waals surface area contributed by atoms with Crippen LogP contribution in [0.3, 0.4) is 0 Å². The maximum Gasteiger partial charge on any atom is 0.250 e. The third kappa shape index (κ3) is 2.50. The Bertz CT molecular complexity index is 743. The van der Waals surface area contributed by atoms with Crippen LogP contribution in [0.1, 0.15) is 43.4 Å². The normalized spacial score (nSPS) is 12.5. The van der Waals surface area contributed by atoms with Gasteiger partial charge in [0.1, 0.15) is 4.21 Å². The minimum Gasteiger partial charge on any atom is -0.211 e. The van der Waals surface area contributed by atoms with E-state index in [0.717, 1.165) is 15.6 Å². The molecule has 3 nitrogen and oxygen atoms in total. The standard InChI is InChI=1S/C15H21NO2S2/c1-6-16-20(17,18)15-11(5)14-10(4)12(9(2)3)7-8-13(14)19-15/h7-9,16H,6H2,1-5H3. The van der Waals surface area contributed by atoms with Gasteiger partial charge in [-0.15, -0.1) is 11.3 Å². The summed E-state index contributed by atoms with van der Waals surface area (Å²) >= 11 is 1.35. The second kappa shape index (κ2) is 5.47. The molecule has 0 unspecified atom stereocenters. The quantitative estimate of drug-likeness (QED) is 0.929. The first-order valence-electron chi connectivity index (χ1n) is 6.81. The molecule has 0 atom stereocenters. The molecule has 1 aromatic heterocycles. The minimum atomic E-state index is -3.38. The average molecular weight is 311 g/mol. The fraction of sp³-hybridized carbons (Fsp3) is 0.467. The van der Waals surface area contributed by atoms with Gasteiger partial charge in [0.2, 0.25) is 10.0 Å². The van der Waals surface area contributed by atoms with Crippen molar-refractivity contribution in [2.45, 2.75) is 44.7 Å². The molecule has 2 rings (SSSR count). The van der Waals surface area contributed by atoms with Gasteiger partial charge in [-0.25, -0.2) is 13.1 Å². The molecule has 1 heterocycles. The maximum atomic E-state index is 12.3. The van der Waals surface area contributed by atoms with Gasteiger partial charge in [-0.2, -0.15) is 0 Å². The van der Waals surface area contributed by atoms with Gasteiger partial charge < -0.3 is 0 Å². The van der Waals surface area contributed by atoms with Crippen LogP contribution in [-0.4, -0.2) is 15.0 Å². The lowest BCUT2D eigenvalue weighted by Gasteiger charge is -2.11. The van der Waals surface area contributed by atoms with E-state index >= 15 is 0 Å². The summed E-state index contributed by atoms with van der Waals surface area (Å²) in [5, 5.41) is 1.10. The van der Waals surface area contributed by atoms with Gasteiger partial charge >= 0.3 is 0 Å². The summed E-state index contributed by atoms with van der Waals surface area (Å²) in [6, 6.07) is 4.15. The summed E-state index contributed by atoms with van der Waals surface area (Å²) < 4.78 is 28.6. The van der Waals surface area contributed by atoms with E-state index in [4.69, 9.17) is 0 Å². The van der Waals surface area contributed by atoms with Gasteiger partial charge in [-0.3, -0.25) is 0 Å². The molecule has 0 bridgehead atoms. The first-order chi connectivity index (χ1) is 9.29. The predicted octanol–water partition coefficient (Wildman–Crippen LogP) is 3.94. The molecule has 1 N–H and O–H groups in total. The Kier molecular flexibility index (Phi) is 4.23. The van der Waals surface area contributed by atoms with Crippen molar-refractivity contribution < 1.29 is 8.42 Å². The highest BCUT2D eigenvalue weighted by Crippen LogP contribution is 2.38. The van der Waals surface area contributed by atoms with Gasteiger partial charge in [-0.05, 0) is 47.9 Å². The molecule has 5 heteroatoms. The molecule has 0 saturated carbocycles. The van der Waals surface area contributed by atoms with Crippen LogP contribution in [0.2, 0.25) is 0 Å². The number of nitrogens with one attached hydrogen (secondary N) is 1. The van der Waals surface area contributed by atoms with Crippen LogP contribution in [-0.2, 0) is 10.0 Å². The van der Waals surface area contributed by atoms with Crippen LogP contribution in [0, 0.1) is 13.8 Å². The predicted molar refractivity (Wildman–Crippen MR) is 86.3 cm³/mol. The fourth-order valence-electron chi connectivity index (χ4n) is 2.67. The van der Waals surface area contributed by atoms with Crippen molar-refractivity contribution in [2.75, 3.05) is 6.54 Å². The maximum absolute atomic E-state index is 12.3. The van der Waals surface area contributed by atoms with Gasteiger partial charge in [0.05, 0.1) is 0 Å². The van der Waals surface area contributed by atoms with E-state index in [1.165, 1.54) is 22.5 Å². The first-order valence-corrected chi connectivity index (χ1v) is 9.11. The molecule has 0 radical (unpaired) electrons. The van der Waals surface area contributed by atoms with E-state index in [2.05, 4.69) is 31.6 Å². The van der Waals surface area contributed by atoms with Crippen LogP contribution in [0.15, 0.2) is 16.3 Å². The molecule has 0 aliphatic carbocycles. The lowest BCUT2D eigenvalue weighted by molar-refractivity contribution is 0.585. The summed E-state index contributed by atoms with van der Waals surface area (Å²) in [5.74, 6) is 0.438. The van der Waals surface area contributed by atoms with Crippen molar-refractivity contribution in [1.29, 1.82) is 0 Å². The van der Waals surface area contributed by atoms with E-state index < -0.39 is 10.0 Å². The lowest BCUT2D eigenvalue weighted by Crippen LogP contribution is -2.22. The summed E-state index contributed by atoms with van der Waals surface area (Å²) in [4.78, 5) is 0. The third-order valence-electron chi connectivity index (χ3n) is 3.55. The molecule has 0 amide bonds. The number of hydrogen-bond donors (Lipinski definition) is 1. The van der Waals surface area contributed by atoms with E-state index in [9.17, 15) is 8.42 Å². The fourth-order valence-corrected chi connectivity index (χ4v) is 5.57. The van der Waals surface area contributed by atoms with Crippen molar-refractivity contribution in [2.24, 2.45) is 0 Å². The van der Waals surface area contributed by atoms with Crippen LogP contribution >= 0.6 is 11.3 Å². The summed E-state index contributed by atoms with van der Waals surface area (Å²) in [7, 11) is -3.38. The lowest BCUT2D eigenvalue weighted by atomic mass is 9.95. The second-order valence-electron chi connectivity index (χ2n) is 5.32. The van der Waals surface area contributed by atoms with Gasteiger partial charge in [0.25, 0.3) is 0 Å². The van der Waals surface area contributed by atoms with E-state index in [-0.39, 0.29) is 0 Å². The second-order valence-corrected chi connectivity index (χ2v) is 8.34. The molecule has 110 valence electrons. The van der Waals surface area contributed by atoms with Crippen LogP contribution in [0.5, 0.6) is 0 Å². The highest BCUT2D eigenvalue weighted by Gasteiger charge is 2.22. The summed E-state index contributed by atoms with van der Waals surface area (Å²) in [5.41, 5.74) is 3.35. The molecule has 0 saturated heterocycles. The van der Waals surface area contributed by atoms with Crippen molar-refractivity contribution in [3.05, 3.63) is 28.8 Å². The number of hydrogen-bond acceptors (Lipinski definition) is 3. The smallest absolute Gasteiger partial charge is 0.211 e. The molecule has 20 heavy (non-hydrogen) atoms. The van der Waals surface area contributed by atoms with Crippen molar-refractivity contribution in [3.63, 3.8) is 0 Å². The molecule has 0 aliphatic heterocycles. The zero-order chi connectivity index (χ0) is 15.1. The molecule has 1 aromatic carbocycles. The molecule has 0 aliphatic rings. The van der Waals surface area contributed by atoms with E-state index in [0.29, 0.717) is 16.7 Å². The van der Waals surface area contributed by atoms with Crippen LogP contribution in [0.4, 0.5) is 0 Å². The number of sulfonamides is 1. The highest BCUT2D eigenvalue weighted by molar-refractivity contribution is 7.91. The van der Waals surface area contributed by atoms with Crippen LogP contribution in [0.25, 0.3) is 10.1 Å². The molecular weight excluding hydrogens is 290 g/mol. The van der Waals surface area contributed by atoms with Crippen molar-refractivity contribution >= 4 is 31.4 Å². The Balaban J connectivity index is 2.75. The SMILES string of the molecule is CCNS(=O)(=O)c1sc2ccc(C(C)C)c(C)c2c1C. The zero-order valence-corrected chi connectivity index (χ0v) is 14.2. The summed E-state index contributed by atoms with van der Waals surface area (Å²) in [6.07, 6.45) is 0. The monoisotopic (exact) mass is 311 g/mol. The number of benzene rings is 1. The van der Waals surface area contributed by atoms with Gasteiger partial charge in [-0.1, -0.05) is 26.8 Å². The number of thiophene rings is 1. The topological polar surface area (TPSA) is 46.2 Å². The number of fused-ring (bicyclic) bond motifs is 1. The molecule has 0 spiro atoms. The summed E-state index contributed by atoms with van der Waals surface area (Å²) in [6.45, 7) is 10.5. The number of aryl methyl sites for hydroxylation is 2. The van der Waals surface area contributed by atoms with Gasteiger partial charge in [0.15, 0.2) is 0 Å². The number of rotatable bonds is 4. The molecule has 2 aromatic rings. The third-order valence-corrected chi connectivity index (χ3v) is 6.98. The Morgan fingerprint density at radius 1 is 1.20 bits per heavy atom. The van der Waals surface area contributed by atoms with E-state index in [1.807, 2.05) is 13.0 Å². The highest BCUT2D eigenvalue weighted by atomic mass is 32.2. The first kappa shape index (κ1) is 15.5. The van der Waals surface area contributed by atoms with Crippen LogP contribution < -0.4 is 4.72 Å². The zero-order valence-electron chi connectivity index (χ0n) is 12.6. The van der Waals surface area contributed by atoms with Crippen molar-refractivity contribution in [3.8, 4) is 0 Å². The van der Waals surface area contributed by atoms with Crippen molar-refractivity contribution in [1.82, 2.24) is 4.72 Å².